The standard InChI is InChI=1S/C6H7O3P.CH5O3P/c7-10(8,9)6-4-2-1-3-5-6;1-5(2,3)4/h1-5H,(H2,7,8,9);1H3,(H2,2,3,4). The van der Waals surface area contributed by atoms with Gasteiger partial charge in [0, 0.05) is 6.66 Å². The number of hydrogen-bond acceptors (Lipinski definition) is 2. The molecule has 0 aliphatic rings. The van der Waals surface area contributed by atoms with Crippen molar-refractivity contribution in [2.75, 3.05) is 6.66 Å². The molecule has 0 fully saturated rings. The fourth-order valence-corrected chi connectivity index (χ4v) is 1.18. The highest BCUT2D eigenvalue weighted by atomic mass is 31.2. The molecule has 0 atom stereocenters. The maximum absolute atomic E-state index is 10.5. The van der Waals surface area contributed by atoms with Crippen LogP contribution in [0.2, 0.25) is 0 Å². The summed E-state index contributed by atoms with van der Waals surface area (Å²) in [7, 11) is -7.66. The molecule has 0 saturated carbocycles. The molecule has 1 aromatic rings. The van der Waals surface area contributed by atoms with Crippen molar-refractivity contribution >= 4 is 20.5 Å². The number of hydrogen-bond donors (Lipinski definition) is 4. The summed E-state index contributed by atoms with van der Waals surface area (Å²) < 4.78 is 19.9. The molecule has 8 heteroatoms. The normalized spacial score (nSPS) is 11.5. The molecule has 0 unspecified atom stereocenters. The first kappa shape index (κ1) is 14.5. The van der Waals surface area contributed by atoms with E-state index in [9.17, 15) is 9.13 Å². The fourth-order valence-electron chi connectivity index (χ4n) is 0.622. The number of benzene rings is 1. The summed E-state index contributed by atoms with van der Waals surface area (Å²) in [5, 5.41) is 0.0648. The first-order valence-electron chi connectivity index (χ1n) is 3.75. The lowest BCUT2D eigenvalue weighted by Crippen LogP contribution is -2.01. The quantitative estimate of drug-likeness (QED) is 0.535. The lowest BCUT2D eigenvalue weighted by Gasteiger charge is -2.00. The van der Waals surface area contributed by atoms with Gasteiger partial charge in [-0.3, -0.25) is 9.13 Å². The van der Waals surface area contributed by atoms with Gasteiger partial charge in [0.2, 0.25) is 0 Å². The van der Waals surface area contributed by atoms with Crippen LogP contribution in [0.25, 0.3) is 0 Å². The average Bonchev–Trinajstić information content (AvgIpc) is 2.01. The molecule has 0 spiro atoms. The summed E-state index contributed by atoms with van der Waals surface area (Å²) >= 11 is 0. The van der Waals surface area contributed by atoms with Gasteiger partial charge in [0.1, 0.15) is 0 Å². The Balaban J connectivity index is 0.000000336. The molecule has 1 rings (SSSR count). The van der Waals surface area contributed by atoms with Gasteiger partial charge in [0.25, 0.3) is 0 Å². The van der Waals surface area contributed by atoms with Crippen molar-refractivity contribution < 1.29 is 28.7 Å². The third kappa shape index (κ3) is 9.82. The molecule has 6 nitrogen and oxygen atoms in total. The van der Waals surface area contributed by atoms with Crippen LogP contribution in [-0.2, 0) is 9.13 Å². The Morgan fingerprint density at radius 1 is 0.933 bits per heavy atom. The topological polar surface area (TPSA) is 115 Å². The summed E-state index contributed by atoms with van der Waals surface area (Å²) in [5.74, 6) is 0. The van der Waals surface area contributed by atoms with E-state index < -0.39 is 15.2 Å². The Kier molecular flexibility index (Phi) is 5.38. The van der Waals surface area contributed by atoms with E-state index in [-0.39, 0.29) is 5.30 Å². The second-order valence-electron chi connectivity index (χ2n) is 2.71. The van der Waals surface area contributed by atoms with E-state index >= 15 is 0 Å². The molecule has 0 aliphatic heterocycles. The van der Waals surface area contributed by atoms with E-state index in [4.69, 9.17) is 19.6 Å². The van der Waals surface area contributed by atoms with Gasteiger partial charge in [0.05, 0.1) is 5.30 Å². The van der Waals surface area contributed by atoms with E-state index in [0.717, 1.165) is 6.66 Å². The molecule has 15 heavy (non-hydrogen) atoms. The Morgan fingerprint density at radius 2 is 1.27 bits per heavy atom. The van der Waals surface area contributed by atoms with Crippen molar-refractivity contribution in [2.24, 2.45) is 0 Å². The van der Waals surface area contributed by atoms with Gasteiger partial charge in [-0.05, 0) is 12.1 Å². The van der Waals surface area contributed by atoms with Crippen LogP contribution in [0.3, 0.4) is 0 Å². The van der Waals surface area contributed by atoms with Crippen LogP contribution in [0, 0.1) is 0 Å². The van der Waals surface area contributed by atoms with Crippen molar-refractivity contribution in [3.8, 4) is 0 Å². The minimum absolute atomic E-state index is 0.0648. The molecule has 0 amide bonds. The predicted octanol–water partition coefficient (Wildman–Crippen LogP) is 0.283. The maximum atomic E-state index is 10.5. The van der Waals surface area contributed by atoms with Crippen molar-refractivity contribution in [1.29, 1.82) is 0 Å². The molecule has 4 N–H and O–H groups in total. The zero-order chi connectivity index (χ0) is 12.1. The third-order valence-corrected chi connectivity index (χ3v) is 2.06. The smallest absolute Gasteiger partial charge is 0.325 e. The van der Waals surface area contributed by atoms with Gasteiger partial charge in [-0.15, -0.1) is 0 Å². The molecular formula is C7H12O6P2. The SMILES string of the molecule is CP(=O)(O)O.O=P(O)(O)c1ccccc1. The first-order chi connectivity index (χ1) is 6.61. The van der Waals surface area contributed by atoms with E-state index in [1.54, 1.807) is 18.2 Å². The van der Waals surface area contributed by atoms with E-state index in [2.05, 4.69) is 0 Å². The van der Waals surface area contributed by atoms with E-state index in [0.29, 0.717) is 0 Å². The van der Waals surface area contributed by atoms with Gasteiger partial charge >= 0.3 is 15.2 Å². The van der Waals surface area contributed by atoms with Crippen LogP contribution in [0.1, 0.15) is 0 Å². The largest absolute Gasteiger partial charge is 0.356 e. The molecule has 1 aromatic carbocycles. The Labute approximate surface area is 86.9 Å². The van der Waals surface area contributed by atoms with Crippen molar-refractivity contribution in [3.63, 3.8) is 0 Å². The van der Waals surface area contributed by atoms with Gasteiger partial charge < -0.3 is 19.6 Å². The van der Waals surface area contributed by atoms with Gasteiger partial charge in [-0.2, -0.15) is 0 Å². The summed E-state index contributed by atoms with van der Waals surface area (Å²) in [6, 6.07) is 7.70. The Hall–Kier alpha value is -0.480. The van der Waals surface area contributed by atoms with Crippen LogP contribution in [0.5, 0.6) is 0 Å². The lowest BCUT2D eigenvalue weighted by atomic mass is 10.4. The second-order valence-corrected chi connectivity index (χ2v) is 5.99. The summed E-state index contributed by atoms with van der Waals surface area (Å²) in [6.07, 6.45) is 0. The van der Waals surface area contributed by atoms with Crippen LogP contribution in [-0.4, -0.2) is 26.2 Å². The van der Waals surface area contributed by atoms with Gasteiger partial charge in [0.15, 0.2) is 0 Å². The highest BCUT2D eigenvalue weighted by molar-refractivity contribution is 7.60. The summed E-state index contributed by atoms with van der Waals surface area (Å²) in [6.45, 7) is 0.854. The maximum Gasteiger partial charge on any atom is 0.356 e. The molecule has 0 aliphatic carbocycles. The molecule has 0 saturated heterocycles. The minimum Gasteiger partial charge on any atom is -0.325 e. The summed E-state index contributed by atoms with van der Waals surface area (Å²) in [5.41, 5.74) is 0. The molecule has 86 valence electrons. The number of rotatable bonds is 1. The van der Waals surface area contributed by atoms with Gasteiger partial charge in [-0.25, -0.2) is 0 Å². The third-order valence-electron chi connectivity index (χ3n) is 1.09. The highest BCUT2D eigenvalue weighted by Gasteiger charge is 2.14. The minimum atomic E-state index is -4.02. The zero-order valence-corrected chi connectivity index (χ0v) is 9.68. The molecule has 0 heterocycles. The zero-order valence-electron chi connectivity index (χ0n) is 7.89. The van der Waals surface area contributed by atoms with Crippen LogP contribution >= 0.6 is 15.2 Å². The monoisotopic (exact) mass is 254 g/mol. The Bertz CT molecular complexity index is 369. The second kappa shape index (κ2) is 5.56. The highest BCUT2D eigenvalue weighted by Crippen LogP contribution is 2.32. The van der Waals surface area contributed by atoms with E-state index in [1.807, 2.05) is 0 Å². The van der Waals surface area contributed by atoms with Crippen molar-refractivity contribution in [2.45, 2.75) is 0 Å². The van der Waals surface area contributed by atoms with E-state index in [1.165, 1.54) is 12.1 Å². The molecule has 0 radical (unpaired) electrons. The van der Waals surface area contributed by atoms with Crippen LogP contribution < -0.4 is 5.30 Å². The van der Waals surface area contributed by atoms with Crippen molar-refractivity contribution in [3.05, 3.63) is 30.3 Å². The lowest BCUT2D eigenvalue weighted by molar-refractivity contribution is 0.380. The predicted molar refractivity (Wildman–Crippen MR) is 56.1 cm³/mol. The summed E-state index contributed by atoms with van der Waals surface area (Å²) in [4.78, 5) is 32.5. The fraction of sp³-hybridized carbons (Fsp3) is 0.143. The molecule has 0 aromatic heterocycles. The Morgan fingerprint density at radius 3 is 1.47 bits per heavy atom. The van der Waals surface area contributed by atoms with Crippen molar-refractivity contribution in [1.82, 2.24) is 0 Å². The first-order valence-corrected chi connectivity index (χ1v) is 7.42. The molecular weight excluding hydrogens is 242 g/mol. The van der Waals surface area contributed by atoms with Crippen LogP contribution in [0.15, 0.2) is 30.3 Å². The molecule has 0 bridgehead atoms. The van der Waals surface area contributed by atoms with Crippen LogP contribution in [0.4, 0.5) is 0 Å². The average molecular weight is 254 g/mol. The van der Waals surface area contributed by atoms with Gasteiger partial charge in [-0.1, -0.05) is 18.2 Å².